The summed E-state index contributed by atoms with van der Waals surface area (Å²) in [5.74, 6) is 1.41. The van der Waals surface area contributed by atoms with E-state index >= 15 is 0 Å². The third-order valence-electron chi connectivity index (χ3n) is 2.36. The van der Waals surface area contributed by atoms with Crippen LogP contribution in [0.15, 0.2) is 0 Å². The van der Waals surface area contributed by atoms with Gasteiger partial charge < -0.3 is 5.32 Å². The fourth-order valence-electron chi connectivity index (χ4n) is 1.16. The average Bonchev–Trinajstić information content (AvgIpc) is 2.17. The van der Waals surface area contributed by atoms with Crippen molar-refractivity contribution in [3.63, 3.8) is 0 Å². The zero-order chi connectivity index (χ0) is 10.8. The summed E-state index contributed by atoms with van der Waals surface area (Å²) in [6.07, 6.45) is 4.92. The molecule has 0 saturated heterocycles. The van der Waals surface area contributed by atoms with Crippen LogP contribution >= 0.6 is 11.6 Å². The predicted octanol–water partition coefficient (Wildman–Crippen LogP) is 2.95. The Labute approximate surface area is 92.4 Å². The van der Waals surface area contributed by atoms with Crippen LogP contribution in [0.3, 0.4) is 0 Å². The third kappa shape index (κ3) is 8.36. The van der Waals surface area contributed by atoms with Crippen LogP contribution in [0.4, 0.5) is 0 Å². The van der Waals surface area contributed by atoms with E-state index in [0.717, 1.165) is 38.1 Å². The maximum atomic E-state index is 11.3. The first-order valence-electron chi connectivity index (χ1n) is 5.53. The highest BCUT2D eigenvalue weighted by molar-refractivity contribution is 6.17. The molecule has 0 fully saturated rings. The van der Waals surface area contributed by atoms with Crippen molar-refractivity contribution in [2.45, 2.75) is 46.0 Å². The minimum absolute atomic E-state index is 0.185. The number of unbranched alkanes of at least 4 members (excludes halogenated alkanes) is 2. The van der Waals surface area contributed by atoms with Gasteiger partial charge >= 0.3 is 0 Å². The van der Waals surface area contributed by atoms with E-state index in [2.05, 4.69) is 19.2 Å². The second-order valence-corrected chi connectivity index (χ2v) is 4.20. The summed E-state index contributed by atoms with van der Waals surface area (Å²) < 4.78 is 0. The van der Waals surface area contributed by atoms with Crippen molar-refractivity contribution >= 4 is 17.5 Å². The fraction of sp³-hybridized carbons (Fsp3) is 0.909. The first-order valence-corrected chi connectivity index (χ1v) is 6.06. The molecule has 0 saturated carbocycles. The number of halogens is 1. The van der Waals surface area contributed by atoms with Gasteiger partial charge in [0.1, 0.15) is 0 Å². The number of hydrogen-bond acceptors (Lipinski definition) is 1. The van der Waals surface area contributed by atoms with Gasteiger partial charge in [-0.25, -0.2) is 0 Å². The predicted molar refractivity (Wildman–Crippen MR) is 61.7 cm³/mol. The molecule has 1 atom stereocenters. The van der Waals surface area contributed by atoms with Crippen LogP contribution in [-0.4, -0.2) is 18.3 Å². The van der Waals surface area contributed by atoms with E-state index in [1.54, 1.807) is 0 Å². The summed E-state index contributed by atoms with van der Waals surface area (Å²) in [4.78, 5) is 11.3. The van der Waals surface area contributed by atoms with E-state index in [4.69, 9.17) is 11.6 Å². The van der Waals surface area contributed by atoms with Gasteiger partial charge in [-0.1, -0.05) is 26.7 Å². The third-order valence-corrected chi connectivity index (χ3v) is 2.63. The smallest absolute Gasteiger partial charge is 0.220 e. The lowest BCUT2D eigenvalue weighted by Gasteiger charge is -2.08. The quantitative estimate of drug-likeness (QED) is 0.494. The fourth-order valence-corrected chi connectivity index (χ4v) is 1.35. The highest BCUT2D eigenvalue weighted by Gasteiger charge is 2.05. The highest BCUT2D eigenvalue weighted by atomic mass is 35.5. The number of carbonyl (C=O) groups is 1. The van der Waals surface area contributed by atoms with Crippen molar-refractivity contribution in [3.8, 4) is 0 Å². The summed E-state index contributed by atoms with van der Waals surface area (Å²) in [5, 5.41) is 2.92. The molecule has 0 aliphatic carbocycles. The Balaban J connectivity index is 3.27. The van der Waals surface area contributed by atoms with Crippen LogP contribution in [0.25, 0.3) is 0 Å². The molecule has 14 heavy (non-hydrogen) atoms. The molecule has 0 heterocycles. The van der Waals surface area contributed by atoms with E-state index in [9.17, 15) is 4.79 Å². The lowest BCUT2D eigenvalue weighted by atomic mass is 10.1. The lowest BCUT2D eigenvalue weighted by molar-refractivity contribution is -0.121. The molecule has 1 N–H and O–H groups in total. The van der Waals surface area contributed by atoms with Gasteiger partial charge in [0.25, 0.3) is 0 Å². The summed E-state index contributed by atoms with van der Waals surface area (Å²) in [5.41, 5.74) is 0. The van der Waals surface area contributed by atoms with E-state index < -0.39 is 0 Å². The molecule has 0 aromatic rings. The van der Waals surface area contributed by atoms with Gasteiger partial charge in [0.2, 0.25) is 5.91 Å². The van der Waals surface area contributed by atoms with Gasteiger partial charge in [-0.3, -0.25) is 4.79 Å². The standard InChI is InChI=1S/C11H22ClNO/c1-3-10(2)9-11(14)13-8-6-4-5-7-12/h10H,3-9H2,1-2H3,(H,13,14). The maximum Gasteiger partial charge on any atom is 0.220 e. The van der Waals surface area contributed by atoms with E-state index in [-0.39, 0.29) is 5.91 Å². The number of carbonyl (C=O) groups excluding carboxylic acids is 1. The van der Waals surface area contributed by atoms with Crippen LogP contribution < -0.4 is 5.32 Å². The molecule has 3 heteroatoms. The monoisotopic (exact) mass is 219 g/mol. The lowest BCUT2D eigenvalue weighted by Crippen LogP contribution is -2.25. The number of alkyl halides is 1. The van der Waals surface area contributed by atoms with Gasteiger partial charge in [0, 0.05) is 18.8 Å². The number of nitrogens with one attached hydrogen (secondary N) is 1. The van der Waals surface area contributed by atoms with E-state index in [1.807, 2.05) is 0 Å². The molecule has 0 aromatic carbocycles. The number of rotatable bonds is 8. The van der Waals surface area contributed by atoms with E-state index in [0.29, 0.717) is 12.3 Å². The average molecular weight is 220 g/mol. The summed E-state index contributed by atoms with van der Waals surface area (Å²) in [6, 6.07) is 0. The molecule has 1 unspecified atom stereocenters. The topological polar surface area (TPSA) is 29.1 Å². The second-order valence-electron chi connectivity index (χ2n) is 3.82. The number of hydrogen-bond donors (Lipinski definition) is 1. The van der Waals surface area contributed by atoms with Crippen LogP contribution in [0.5, 0.6) is 0 Å². The van der Waals surface area contributed by atoms with Crippen LogP contribution in [0.1, 0.15) is 46.0 Å². The Morgan fingerprint density at radius 1 is 1.36 bits per heavy atom. The molecule has 0 aliphatic rings. The summed E-state index contributed by atoms with van der Waals surface area (Å²) in [7, 11) is 0. The van der Waals surface area contributed by atoms with Crippen molar-refractivity contribution in [1.29, 1.82) is 0 Å². The van der Waals surface area contributed by atoms with Crippen molar-refractivity contribution < 1.29 is 4.79 Å². The molecule has 0 rings (SSSR count). The van der Waals surface area contributed by atoms with Crippen LogP contribution in [-0.2, 0) is 4.79 Å². The van der Waals surface area contributed by atoms with Gasteiger partial charge in [-0.15, -0.1) is 11.6 Å². The molecule has 0 aliphatic heterocycles. The zero-order valence-corrected chi connectivity index (χ0v) is 10.1. The van der Waals surface area contributed by atoms with Crippen molar-refractivity contribution in [2.75, 3.05) is 12.4 Å². The van der Waals surface area contributed by atoms with Crippen LogP contribution in [0, 0.1) is 5.92 Å². The van der Waals surface area contributed by atoms with Crippen LogP contribution in [0.2, 0.25) is 0 Å². The van der Waals surface area contributed by atoms with Gasteiger partial charge in [0.05, 0.1) is 0 Å². The Bertz CT molecular complexity index is 150. The Morgan fingerprint density at radius 3 is 2.64 bits per heavy atom. The molecular formula is C11H22ClNO. The van der Waals surface area contributed by atoms with Crippen molar-refractivity contribution in [2.24, 2.45) is 5.92 Å². The highest BCUT2D eigenvalue weighted by Crippen LogP contribution is 2.05. The van der Waals surface area contributed by atoms with Crippen molar-refractivity contribution in [3.05, 3.63) is 0 Å². The molecule has 2 nitrogen and oxygen atoms in total. The minimum atomic E-state index is 0.185. The van der Waals surface area contributed by atoms with Crippen molar-refractivity contribution in [1.82, 2.24) is 5.32 Å². The SMILES string of the molecule is CCC(C)CC(=O)NCCCCCCl. The normalized spacial score (nSPS) is 12.5. The molecule has 84 valence electrons. The zero-order valence-electron chi connectivity index (χ0n) is 9.31. The largest absolute Gasteiger partial charge is 0.356 e. The first kappa shape index (κ1) is 13.8. The Kier molecular flexibility index (Phi) is 9.16. The summed E-state index contributed by atoms with van der Waals surface area (Å²) in [6.45, 7) is 5.01. The Morgan fingerprint density at radius 2 is 2.07 bits per heavy atom. The second kappa shape index (κ2) is 9.32. The molecule has 1 amide bonds. The molecular weight excluding hydrogens is 198 g/mol. The molecule has 0 radical (unpaired) electrons. The number of amides is 1. The van der Waals surface area contributed by atoms with Gasteiger partial charge in [0.15, 0.2) is 0 Å². The first-order chi connectivity index (χ1) is 6.70. The summed E-state index contributed by atoms with van der Waals surface area (Å²) >= 11 is 5.54. The van der Waals surface area contributed by atoms with Gasteiger partial charge in [-0.05, 0) is 18.8 Å². The van der Waals surface area contributed by atoms with E-state index in [1.165, 1.54) is 0 Å². The minimum Gasteiger partial charge on any atom is -0.356 e. The van der Waals surface area contributed by atoms with Gasteiger partial charge in [-0.2, -0.15) is 0 Å². The molecule has 0 aromatic heterocycles. The Hall–Kier alpha value is -0.240. The maximum absolute atomic E-state index is 11.3. The molecule has 0 bridgehead atoms. The molecule has 0 spiro atoms.